The molecule has 120 valence electrons. The van der Waals surface area contributed by atoms with E-state index < -0.39 is 0 Å². The summed E-state index contributed by atoms with van der Waals surface area (Å²) in [6, 6.07) is 9.35. The van der Waals surface area contributed by atoms with Crippen molar-refractivity contribution in [2.45, 2.75) is 25.7 Å². The van der Waals surface area contributed by atoms with Gasteiger partial charge in [-0.2, -0.15) is 11.3 Å². The smallest absolute Gasteiger partial charge is 0.251 e. The predicted molar refractivity (Wildman–Crippen MR) is 93.1 cm³/mol. The van der Waals surface area contributed by atoms with E-state index in [-0.39, 0.29) is 11.8 Å². The van der Waals surface area contributed by atoms with E-state index in [9.17, 15) is 9.59 Å². The third kappa shape index (κ3) is 3.62. The van der Waals surface area contributed by atoms with Crippen molar-refractivity contribution in [3.63, 3.8) is 0 Å². The van der Waals surface area contributed by atoms with Gasteiger partial charge in [0.2, 0.25) is 5.91 Å². The normalized spacial score (nSPS) is 15.7. The average Bonchev–Trinajstić information content (AvgIpc) is 3.24. The minimum absolute atomic E-state index is 0.0774. The number of nitrogens with one attached hydrogen (secondary N) is 1. The van der Waals surface area contributed by atoms with Crippen molar-refractivity contribution in [2.24, 2.45) is 0 Å². The molecule has 0 spiro atoms. The average molecular weight is 328 g/mol. The molecule has 2 amide bonds. The van der Waals surface area contributed by atoms with Crippen LogP contribution in [0.2, 0.25) is 0 Å². The Kier molecular flexibility index (Phi) is 4.76. The monoisotopic (exact) mass is 328 g/mol. The molecule has 1 aromatic heterocycles. The lowest BCUT2D eigenvalue weighted by molar-refractivity contribution is -0.117. The molecule has 0 unspecified atom stereocenters. The van der Waals surface area contributed by atoms with Crippen LogP contribution in [0.4, 0.5) is 5.69 Å². The van der Waals surface area contributed by atoms with Crippen LogP contribution in [0.5, 0.6) is 0 Å². The summed E-state index contributed by atoms with van der Waals surface area (Å²) in [6.45, 7) is 3.48. The molecule has 0 saturated carbocycles. The molecular formula is C18H20N2O2S. The van der Waals surface area contributed by atoms with Crippen LogP contribution in [0.15, 0.2) is 41.1 Å². The molecule has 5 heteroatoms. The Hall–Kier alpha value is -2.14. The summed E-state index contributed by atoms with van der Waals surface area (Å²) in [5.41, 5.74) is 2.74. The summed E-state index contributed by atoms with van der Waals surface area (Å²) < 4.78 is 0. The zero-order chi connectivity index (χ0) is 16.2. The summed E-state index contributed by atoms with van der Waals surface area (Å²) >= 11 is 1.67. The first kappa shape index (κ1) is 15.7. The number of carbonyl (C=O) groups is 2. The van der Waals surface area contributed by atoms with Gasteiger partial charge in [0, 0.05) is 30.8 Å². The van der Waals surface area contributed by atoms with Gasteiger partial charge in [-0.1, -0.05) is 6.92 Å². The number of carbonyl (C=O) groups excluding carboxylic acids is 2. The van der Waals surface area contributed by atoms with Crippen molar-refractivity contribution in [3.8, 4) is 0 Å². The van der Waals surface area contributed by atoms with Crippen LogP contribution in [-0.4, -0.2) is 24.9 Å². The van der Waals surface area contributed by atoms with Gasteiger partial charge < -0.3 is 10.2 Å². The van der Waals surface area contributed by atoms with Gasteiger partial charge in [0.25, 0.3) is 5.91 Å². The number of anilines is 1. The topological polar surface area (TPSA) is 49.4 Å². The van der Waals surface area contributed by atoms with Crippen LogP contribution in [-0.2, 0) is 4.79 Å². The molecule has 1 aliphatic heterocycles. The second-order valence-corrected chi connectivity index (χ2v) is 6.64. The maximum atomic E-state index is 12.2. The molecule has 3 rings (SSSR count). The lowest BCUT2D eigenvalue weighted by atomic mass is 10.1. The van der Waals surface area contributed by atoms with Crippen LogP contribution in [0.1, 0.15) is 41.6 Å². The first-order chi connectivity index (χ1) is 11.1. The van der Waals surface area contributed by atoms with Crippen molar-refractivity contribution in [1.29, 1.82) is 0 Å². The minimum atomic E-state index is -0.0774. The molecule has 2 heterocycles. The van der Waals surface area contributed by atoms with E-state index in [2.05, 4.69) is 23.7 Å². The summed E-state index contributed by atoms with van der Waals surface area (Å²) in [6.07, 6.45) is 1.52. The second kappa shape index (κ2) is 6.96. The summed E-state index contributed by atoms with van der Waals surface area (Å²) in [5, 5.41) is 7.13. The van der Waals surface area contributed by atoms with Crippen LogP contribution < -0.4 is 10.2 Å². The highest BCUT2D eigenvalue weighted by molar-refractivity contribution is 7.07. The fourth-order valence-corrected chi connectivity index (χ4v) is 3.52. The van der Waals surface area contributed by atoms with Crippen LogP contribution >= 0.6 is 11.3 Å². The fraction of sp³-hybridized carbons (Fsp3) is 0.333. The molecule has 0 bridgehead atoms. The number of benzene rings is 1. The van der Waals surface area contributed by atoms with E-state index >= 15 is 0 Å². The predicted octanol–water partition coefficient (Wildman–Crippen LogP) is 3.41. The Morgan fingerprint density at radius 3 is 2.70 bits per heavy atom. The first-order valence-electron chi connectivity index (χ1n) is 7.86. The molecule has 1 N–H and O–H groups in total. The standard InChI is InChI=1S/C18H20N2O2S/c1-13(15-8-10-23-12-15)11-19-18(22)14-4-6-16(7-5-14)20-9-2-3-17(20)21/h4-8,10,12-13H,2-3,9,11H2,1H3,(H,19,22)/t13-/m1/s1. The summed E-state index contributed by atoms with van der Waals surface area (Å²) in [5.74, 6) is 0.380. The Morgan fingerprint density at radius 2 is 2.09 bits per heavy atom. The highest BCUT2D eigenvalue weighted by Gasteiger charge is 2.21. The number of hydrogen-bond donors (Lipinski definition) is 1. The molecule has 4 nitrogen and oxygen atoms in total. The maximum absolute atomic E-state index is 12.2. The minimum Gasteiger partial charge on any atom is -0.351 e. The van der Waals surface area contributed by atoms with E-state index in [1.165, 1.54) is 5.56 Å². The van der Waals surface area contributed by atoms with Gasteiger partial charge in [-0.15, -0.1) is 0 Å². The highest BCUT2D eigenvalue weighted by atomic mass is 32.1. The Bertz CT molecular complexity index is 680. The second-order valence-electron chi connectivity index (χ2n) is 5.86. The molecule has 1 aliphatic rings. The molecule has 23 heavy (non-hydrogen) atoms. The van der Waals surface area contributed by atoms with Crippen molar-refractivity contribution in [1.82, 2.24) is 5.32 Å². The van der Waals surface area contributed by atoms with Crippen LogP contribution in [0.3, 0.4) is 0 Å². The number of nitrogens with zero attached hydrogens (tertiary/aromatic N) is 1. The molecule has 1 saturated heterocycles. The molecule has 0 aliphatic carbocycles. The summed E-state index contributed by atoms with van der Waals surface area (Å²) in [7, 11) is 0. The van der Waals surface area contributed by atoms with E-state index in [0.717, 1.165) is 18.7 Å². The van der Waals surface area contributed by atoms with Crippen molar-refractivity contribution in [2.75, 3.05) is 18.0 Å². The number of thiophene rings is 1. The molecule has 1 atom stereocenters. The van der Waals surface area contributed by atoms with E-state index in [1.54, 1.807) is 28.4 Å². The zero-order valence-corrected chi connectivity index (χ0v) is 13.9. The van der Waals surface area contributed by atoms with Gasteiger partial charge in [-0.3, -0.25) is 9.59 Å². The number of rotatable bonds is 5. The molecular weight excluding hydrogens is 308 g/mol. The lowest BCUT2D eigenvalue weighted by Crippen LogP contribution is -2.27. The molecule has 1 aromatic carbocycles. The Morgan fingerprint density at radius 1 is 1.30 bits per heavy atom. The third-order valence-corrected chi connectivity index (χ3v) is 4.90. The van der Waals surface area contributed by atoms with Gasteiger partial charge in [0.15, 0.2) is 0 Å². The van der Waals surface area contributed by atoms with Gasteiger partial charge in [0.1, 0.15) is 0 Å². The van der Waals surface area contributed by atoms with Gasteiger partial charge in [0.05, 0.1) is 0 Å². The lowest BCUT2D eigenvalue weighted by Gasteiger charge is -2.16. The third-order valence-electron chi connectivity index (χ3n) is 4.20. The highest BCUT2D eigenvalue weighted by Crippen LogP contribution is 2.22. The molecule has 0 radical (unpaired) electrons. The number of hydrogen-bond acceptors (Lipinski definition) is 3. The van der Waals surface area contributed by atoms with Crippen LogP contribution in [0.25, 0.3) is 0 Å². The van der Waals surface area contributed by atoms with Crippen LogP contribution in [0, 0.1) is 0 Å². The maximum Gasteiger partial charge on any atom is 0.251 e. The largest absolute Gasteiger partial charge is 0.351 e. The first-order valence-corrected chi connectivity index (χ1v) is 8.80. The summed E-state index contributed by atoms with van der Waals surface area (Å²) in [4.78, 5) is 25.7. The SMILES string of the molecule is C[C@H](CNC(=O)c1ccc(N2CCCC2=O)cc1)c1ccsc1. The molecule has 1 fully saturated rings. The van der Waals surface area contributed by atoms with E-state index in [0.29, 0.717) is 24.4 Å². The van der Waals surface area contributed by atoms with Gasteiger partial charge >= 0.3 is 0 Å². The van der Waals surface area contributed by atoms with E-state index in [1.807, 2.05) is 17.5 Å². The van der Waals surface area contributed by atoms with Gasteiger partial charge in [-0.25, -0.2) is 0 Å². The van der Waals surface area contributed by atoms with E-state index in [4.69, 9.17) is 0 Å². The van der Waals surface area contributed by atoms with Crippen molar-refractivity contribution < 1.29 is 9.59 Å². The number of amides is 2. The van der Waals surface area contributed by atoms with Gasteiger partial charge in [-0.05, 0) is 59.0 Å². The fourth-order valence-electron chi connectivity index (χ4n) is 2.74. The van der Waals surface area contributed by atoms with Crippen molar-refractivity contribution >= 4 is 28.8 Å². The van der Waals surface area contributed by atoms with Crippen molar-refractivity contribution in [3.05, 3.63) is 52.2 Å². The quantitative estimate of drug-likeness (QED) is 0.914. The zero-order valence-electron chi connectivity index (χ0n) is 13.1. The molecule has 2 aromatic rings. The Labute approximate surface area is 140 Å². The Balaban J connectivity index is 1.58.